The average molecular weight is 465 g/mol. The molecule has 184 valence electrons. The first kappa shape index (κ1) is 27.2. The third-order valence-corrected chi connectivity index (χ3v) is 5.68. The first-order chi connectivity index (χ1) is 16.4. The lowest BCUT2D eigenvalue weighted by atomic mass is 10.0. The maximum absolute atomic E-state index is 10.9. The minimum atomic E-state index is 0.118. The van der Waals surface area contributed by atoms with Crippen LogP contribution in [0.3, 0.4) is 0 Å². The monoisotopic (exact) mass is 464 g/mol. The molecule has 0 aliphatic carbocycles. The number of pyridine rings is 1. The molecule has 0 bridgehead atoms. The summed E-state index contributed by atoms with van der Waals surface area (Å²) in [5, 5.41) is 0. The lowest BCUT2D eigenvalue weighted by molar-refractivity contribution is -0.117. The predicted octanol–water partition coefficient (Wildman–Crippen LogP) is 3.59. The lowest BCUT2D eigenvalue weighted by Crippen LogP contribution is -2.49. The summed E-state index contributed by atoms with van der Waals surface area (Å²) in [6.45, 7) is 13.3. The molecule has 7 heteroatoms. The van der Waals surface area contributed by atoms with Gasteiger partial charge in [-0.1, -0.05) is 37.3 Å². The number of benzene rings is 1. The molecular weight excluding hydrogens is 424 g/mol. The molecule has 1 saturated heterocycles. The van der Waals surface area contributed by atoms with Crippen LogP contribution in [0, 0.1) is 6.92 Å². The molecule has 1 fully saturated rings. The minimum Gasteiger partial charge on any atom is -0.354 e. The molecule has 1 aromatic carbocycles. The van der Waals surface area contributed by atoms with E-state index < -0.39 is 0 Å². The number of piperazine rings is 1. The van der Waals surface area contributed by atoms with Crippen molar-refractivity contribution < 1.29 is 4.79 Å². The first-order valence-electron chi connectivity index (χ1n) is 12.0. The van der Waals surface area contributed by atoms with Crippen LogP contribution in [0.4, 0.5) is 5.82 Å². The van der Waals surface area contributed by atoms with E-state index in [1.165, 1.54) is 5.56 Å². The van der Waals surface area contributed by atoms with Gasteiger partial charge in [0.05, 0.1) is 6.17 Å². The highest BCUT2D eigenvalue weighted by molar-refractivity contribution is 6.09. The Morgan fingerprint density at radius 2 is 1.94 bits per heavy atom. The van der Waals surface area contributed by atoms with Crippen LogP contribution in [0.2, 0.25) is 0 Å². The SMILES string of the molecule is C/C=C(\C=N/C(C)N1CCN(c2ccc(C)cn2)CC1)c1cccc(CN(C)C=O)c1.CCN. The second-order valence-electron chi connectivity index (χ2n) is 8.50. The Labute approximate surface area is 205 Å². The van der Waals surface area contributed by atoms with Crippen molar-refractivity contribution >= 4 is 24.0 Å². The number of nitrogens with two attached hydrogens (primary N) is 1. The van der Waals surface area contributed by atoms with Crippen LogP contribution in [0.5, 0.6) is 0 Å². The Morgan fingerprint density at radius 3 is 2.53 bits per heavy atom. The zero-order valence-corrected chi connectivity index (χ0v) is 21.3. The van der Waals surface area contributed by atoms with E-state index in [-0.39, 0.29) is 6.17 Å². The van der Waals surface area contributed by atoms with Gasteiger partial charge in [0.2, 0.25) is 6.41 Å². The van der Waals surface area contributed by atoms with E-state index in [2.05, 4.69) is 59.0 Å². The maximum atomic E-state index is 10.9. The summed E-state index contributed by atoms with van der Waals surface area (Å²) < 4.78 is 0. The van der Waals surface area contributed by atoms with E-state index in [1.54, 1.807) is 11.9 Å². The number of nitrogens with zero attached hydrogens (tertiary/aromatic N) is 5. The van der Waals surface area contributed by atoms with Gasteiger partial charge in [-0.25, -0.2) is 4.98 Å². The number of carbonyl (C=O) groups excluding carboxylic acids is 1. The van der Waals surface area contributed by atoms with Crippen LogP contribution < -0.4 is 10.6 Å². The van der Waals surface area contributed by atoms with Crippen molar-refractivity contribution in [3.05, 3.63) is 65.4 Å². The van der Waals surface area contributed by atoms with Crippen LogP contribution in [0.15, 0.2) is 53.7 Å². The molecule has 1 amide bonds. The van der Waals surface area contributed by atoms with Gasteiger partial charge in [0.15, 0.2) is 0 Å². The zero-order chi connectivity index (χ0) is 24.9. The van der Waals surface area contributed by atoms with Crippen molar-refractivity contribution in [1.29, 1.82) is 0 Å². The molecule has 1 aromatic heterocycles. The minimum absolute atomic E-state index is 0.118. The van der Waals surface area contributed by atoms with Gasteiger partial charge in [-0.3, -0.25) is 14.7 Å². The lowest BCUT2D eigenvalue weighted by Gasteiger charge is -2.37. The van der Waals surface area contributed by atoms with Gasteiger partial charge in [0.25, 0.3) is 0 Å². The van der Waals surface area contributed by atoms with E-state index in [4.69, 9.17) is 10.7 Å². The van der Waals surface area contributed by atoms with Crippen molar-refractivity contribution in [2.24, 2.45) is 10.7 Å². The molecule has 34 heavy (non-hydrogen) atoms. The predicted molar refractivity (Wildman–Crippen MR) is 143 cm³/mol. The molecule has 1 atom stereocenters. The first-order valence-corrected chi connectivity index (χ1v) is 12.0. The molecule has 2 aromatic rings. The molecule has 0 saturated carbocycles. The van der Waals surface area contributed by atoms with Crippen molar-refractivity contribution in [2.75, 3.05) is 44.7 Å². The highest BCUT2D eigenvalue weighted by Crippen LogP contribution is 2.18. The van der Waals surface area contributed by atoms with Gasteiger partial charge < -0.3 is 15.5 Å². The van der Waals surface area contributed by atoms with E-state index in [0.717, 1.165) is 61.7 Å². The molecule has 1 unspecified atom stereocenters. The van der Waals surface area contributed by atoms with Crippen LogP contribution in [-0.4, -0.2) is 73.3 Å². The van der Waals surface area contributed by atoms with Crippen molar-refractivity contribution in [3.8, 4) is 0 Å². The number of carbonyl (C=O) groups is 1. The molecule has 2 N–H and O–H groups in total. The van der Waals surface area contributed by atoms with E-state index in [9.17, 15) is 4.79 Å². The molecule has 7 nitrogen and oxygen atoms in total. The van der Waals surface area contributed by atoms with Crippen LogP contribution in [0.1, 0.15) is 37.5 Å². The number of anilines is 1. The third-order valence-electron chi connectivity index (χ3n) is 5.68. The third kappa shape index (κ3) is 8.39. The zero-order valence-electron chi connectivity index (χ0n) is 21.3. The molecule has 2 heterocycles. The maximum Gasteiger partial charge on any atom is 0.209 e. The summed E-state index contributed by atoms with van der Waals surface area (Å²) in [5.74, 6) is 1.05. The van der Waals surface area contributed by atoms with Gasteiger partial charge in [-0.15, -0.1) is 0 Å². The Morgan fingerprint density at radius 1 is 1.24 bits per heavy atom. The van der Waals surface area contributed by atoms with Crippen molar-refractivity contribution in [1.82, 2.24) is 14.8 Å². The van der Waals surface area contributed by atoms with E-state index in [1.807, 2.05) is 38.4 Å². The molecule has 0 radical (unpaired) electrons. The smallest absolute Gasteiger partial charge is 0.209 e. The number of hydrogen-bond acceptors (Lipinski definition) is 6. The fourth-order valence-electron chi connectivity index (χ4n) is 3.74. The van der Waals surface area contributed by atoms with Crippen molar-refractivity contribution in [3.63, 3.8) is 0 Å². The van der Waals surface area contributed by atoms with Crippen molar-refractivity contribution in [2.45, 2.75) is 40.4 Å². The number of allylic oxidation sites excluding steroid dienone is 2. The summed E-state index contributed by atoms with van der Waals surface area (Å²) >= 11 is 0. The quantitative estimate of drug-likeness (QED) is 0.477. The van der Waals surface area contributed by atoms with Gasteiger partial charge in [-0.2, -0.15) is 0 Å². The molecule has 1 aliphatic rings. The molecule has 3 rings (SSSR count). The fourth-order valence-corrected chi connectivity index (χ4v) is 3.74. The van der Waals surface area contributed by atoms with Gasteiger partial charge in [-0.05, 0) is 61.7 Å². The Bertz CT molecular complexity index is 932. The second kappa shape index (κ2) is 14.3. The number of amides is 1. The summed E-state index contributed by atoms with van der Waals surface area (Å²) in [6.07, 6.45) is 6.95. The average Bonchev–Trinajstić information content (AvgIpc) is 2.85. The molecular formula is C27H40N6O. The normalized spacial score (nSPS) is 15.6. The van der Waals surface area contributed by atoms with Crippen LogP contribution >= 0.6 is 0 Å². The van der Waals surface area contributed by atoms with E-state index in [0.29, 0.717) is 6.54 Å². The number of aromatic nitrogens is 1. The molecule has 1 aliphatic heterocycles. The number of rotatable bonds is 8. The summed E-state index contributed by atoms with van der Waals surface area (Å²) in [6, 6.07) is 12.5. The highest BCUT2D eigenvalue weighted by atomic mass is 16.1. The summed E-state index contributed by atoms with van der Waals surface area (Å²) in [4.78, 5) is 26.7. The number of hydrogen-bond donors (Lipinski definition) is 1. The number of aliphatic imine (C=N–C) groups is 1. The summed E-state index contributed by atoms with van der Waals surface area (Å²) in [5.41, 5.74) is 9.34. The Balaban J connectivity index is 0.00000129. The van der Waals surface area contributed by atoms with Crippen LogP contribution in [0.25, 0.3) is 5.57 Å². The van der Waals surface area contributed by atoms with Gasteiger partial charge in [0, 0.05) is 52.2 Å². The molecule has 0 spiro atoms. The highest BCUT2D eigenvalue weighted by Gasteiger charge is 2.21. The topological polar surface area (TPSA) is 78.1 Å². The number of aryl methyl sites for hydroxylation is 1. The van der Waals surface area contributed by atoms with Crippen LogP contribution in [-0.2, 0) is 11.3 Å². The Kier molecular flexibility index (Phi) is 11.4. The fraction of sp³-hybridized carbons (Fsp3) is 0.444. The largest absolute Gasteiger partial charge is 0.354 e. The van der Waals surface area contributed by atoms with Gasteiger partial charge >= 0.3 is 0 Å². The standard InChI is InChI=1S/C25H33N5O.C2H7N/c1-5-23(24-8-6-7-22(15-24)18-28(4)19-31)17-26-21(3)29-11-13-30(14-12-29)25-10-9-20(2)16-27-25;1-2-3/h5-10,15-17,19,21H,11-14,18H2,1-4H3;2-3H2,1H3/b23-5+,26-17-;. The summed E-state index contributed by atoms with van der Waals surface area (Å²) in [7, 11) is 1.79. The van der Waals surface area contributed by atoms with E-state index >= 15 is 0 Å². The Hall–Kier alpha value is -3.03. The van der Waals surface area contributed by atoms with Gasteiger partial charge in [0.1, 0.15) is 5.82 Å². The second-order valence-corrected chi connectivity index (χ2v) is 8.50.